The molecule has 72 valence electrons. The zero-order valence-electron chi connectivity index (χ0n) is 6.58. The zero-order chi connectivity index (χ0) is 10.3. The summed E-state index contributed by atoms with van der Waals surface area (Å²) in [5, 5.41) is 16.0. The molecule has 2 aromatic rings. The number of hydrogen-bond acceptors (Lipinski definition) is 3. The minimum absolute atomic E-state index is 0.109. The van der Waals surface area contributed by atoms with E-state index in [9.17, 15) is 4.79 Å². The lowest BCUT2D eigenvalue weighted by Crippen LogP contribution is -1.98. The van der Waals surface area contributed by atoms with Gasteiger partial charge in [-0.05, 0) is 28.7 Å². The van der Waals surface area contributed by atoms with Crippen molar-refractivity contribution in [1.82, 2.24) is 15.2 Å². The van der Waals surface area contributed by atoms with Gasteiger partial charge in [0.2, 0.25) is 0 Å². The maximum Gasteiger partial charge on any atom is 0.336 e. The molecule has 0 aliphatic heterocycles. The molecule has 0 bridgehead atoms. The molecule has 7 heteroatoms. The maximum absolute atomic E-state index is 10.9. The van der Waals surface area contributed by atoms with Crippen LogP contribution in [-0.4, -0.2) is 26.3 Å². The highest BCUT2D eigenvalue weighted by Gasteiger charge is 2.15. The van der Waals surface area contributed by atoms with E-state index in [-0.39, 0.29) is 10.7 Å². The van der Waals surface area contributed by atoms with Gasteiger partial charge in [0, 0.05) is 0 Å². The maximum atomic E-state index is 10.9. The van der Waals surface area contributed by atoms with Crippen LogP contribution >= 0.6 is 34.2 Å². The average Bonchev–Trinajstić information content (AvgIpc) is 2.46. The van der Waals surface area contributed by atoms with Crippen molar-refractivity contribution in [1.29, 1.82) is 0 Å². The molecule has 2 N–H and O–H groups in total. The van der Waals surface area contributed by atoms with E-state index in [4.69, 9.17) is 16.7 Å². The monoisotopic (exact) mass is 323 g/mol. The van der Waals surface area contributed by atoms with Crippen LogP contribution in [0.15, 0.2) is 6.07 Å². The van der Waals surface area contributed by atoms with Crippen LogP contribution in [0.2, 0.25) is 5.15 Å². The van der Waals surface area contributed by atoms with E-state index in [1.165, 1.54) is 6.07 Å². The quantitative estimate of drug-likeness (QED) is 0.621. The summed E-state index contributed by atoms with van der Waals surface area (Å²) in [5.41, 5.74) is 0.498. The third kappa shape index (κ3) is 1.44. The molecular weight excluding hydrogens is 320 g/mol. The Hall–Kier alpha value is -0.890. The van der Waals surface area contributed by atoms with Crippen molar-refractivity contribution in [3.8, 4) is 0 Å². The SMILES string of the molecule is O=C(O)c1cc(Cl)nc2[nH]nc(I)c12. The molecule has 0 aromatic carbocycles. The number of aromatic amines is 1. The number of fused-ring (bicyclic) bond motifs is 1. The second-order valence-corrected chi connectivity index (χ2v) is 3.94. The van der Waals surface area contributed by atoms with Gasteiger partial charge in [-0.15, -0.1) is 0 Å². The predicted octanol–water partition coefficient (Wildman–Crippen LogP) is 1.91. The van der Waals surface area contributed by atoms with Gasteiger partial charge in [-0.2, -0.15) is 5.10 Å². The smallest absolute Gasteiger partial charge is 0.336 e. The highest BCUT2D eigenvalue weighted by molar-refractivity contribution is 14.1. The summed E-state index contributed by atoms with van der Waals surface area (Å²) >= 11 is 7.59. The molecule has 0 saturated heterocycles. The van der Waals surface area contributed by atoms with Gasteiger partial charge in [0.1, 0.15) is 8.85 Å². The Kier molecular flexibility index (Phi) is 2.31. The Labute approximate surface area is 96.6 Å². The van der Waals surface area contributed by atoms with Crippen molar-refractivity contribution in [2.45, 2.75) is 0 Å². The van der Waals surface area contributed by atoms with Crippen LogP contribution in [0.1, 0.15) is 10.4 Å². The second kappa shape index (κ2) is 3.35. The van der Waals surface area contributed by atoms with Crippen LogP contribution in [0.4, 0.5) is 0 Å². The number of rotatable bonds is 1. The fourth-order valence-corrected chi connectivity index (χ4v) is 1.99. The molecule has 0 unspecified atom stereocenters. The molecule has 0 saturated carbocycles. The van der Waals surface area contributed by atoms with Gasteiger partial charge in [0.25, 0.3) is 0 Å². The number of carboxylic acid groups (broad SMARTS) is 1. The number of aromatic nitrogens is 3. The van der Waals surface area contributed by atoms with E-state index in [1.54, 1.807) is 0 Å². The molecule has 0 amide bonds. The molecule has 14 heavy (non-hydrogen) atoms. The van der Waals surface area contributed by atoms with Gasteiger partial charge in [0.15, 0.2) is 5.65 Å². The lowest BCUT2D eigenvalue weighted by molar-refractivity contribution is 0.0699. The van der Waals surface area contributed by atoms with Gasteiger partial charge in [-0.3, -0.25) is 5.10 Å². The molecule has 2 heterocycles. The largest absolute Gasteiger partial charge is 0.478 e. The zero-order valence-corrected chi connectivity index (χ0v) is 9.50. The van der Waals surface area contributed by atoms with Crippen LogP contribution in [0.5, 0.6) is 0 Å². The number of carboxylic acids is 1. The lowest BCUT2D eigenvalue weighted by atomic mass is 10.2. The van der Waals surface area contributed by atoms with Crippen LogP contribution < -0.4 is 0 Å². The third-order valence-electron chi connectivity index (χ3n) is 1.68. The van der Waals surface area contributed by atoms with Crippen molar-refractivity contribution in [2.75, 3.05) is 0 Å². The Morgan fingerprint density at radius 3 is 3.00 bits per heavy atom. The van der Waals surface area contributed by atoms with Crippen molar-refractivity contribution in [2.24, 2.45) is 0 Å². The van der Waals surface area contributed by atoms with E-state index < -0.39 is 5.97 Å². The van der Waals surface area contributed by atoms with Gasteiger partial charge >= 0.3 is 5.97 Å². The first kappa shape index (κ1) is 9.66. The number of carbonyl (C=O) groups is 1. The topological polar surface area (TPSA) is 78.9 Å². The summed E-state index contributed by atoms with van der Waals surface area (Å²) in [5.74, 6) is -1.04. The number of hydrogen-bond donors (Lipinski definition) is 2. The molecule has 0 aliphatic carbocycles. The summed E-state index contributed by atoms with van der Waals surface area (Å²) < 4.78 is 0.569. The van der Waals surface area contributed by atoms with Crippen LogP contribution in [-0.2, 0) is 0 Å². The van der Waals surface area contributed by atoms with Crippen LogP contribution in [0.25, 0.3) is 11.0 Å². The van der Waals surface area contributed by atoms with Gasteiger partial charge < -0.3 is 5.11 Å². The van der Waals surface area contributed by atoms with Crippen LogP contribution in [0, 0.1) is 3.70 Å². The summed E-state index contributed by atoms with van der Waals surface area (Å²) in [4.78, 5) is 14.8. The third-order valence-corrected chi connectivity index (χ3v) is 2.66. The van der Waals surface area contributed by atoms with Gasteiger partial charge in [-0.25, -0.2) is 9.78 Å². The molecule has 0 aliphatic rings. The van der Waals surface area contributed by atoms with Crippen molar-refractivity contribution in [3.63, 3.8) is 0 Å². The molecule has 2 rings (SSSR count). The normalized spacial score (nSPS) is 10.7. The van der Waals surface area contributed by atoms with E-state index in [2.05, 4.69) is 15.2 Å². The molecule has 0 radical (unpaired) electrons. The first-order valence-corrected chi connectivity index (χ1v) is 4.98. The fourth-order valence-electron chi connectivity index (χ4n) is 1.13. The Bertz CT molecular complexity index is 525. The average molecular weight is 323 g/mol. The lowest BCUT2D eigenvalue weighted by Gasteiger charge is -1.97. The fraction of sp³-hybridized carbons (Fsp3) is 0. The number of nitrogens with one attached hydrogen (secondary N) is 1. The number of aromatic carboxylic acids is 1. The Balaban J connectivity index is 2.90. The first-order chi connectivity index (χ1) is 6.59. The Morgan fingerprint density at radius 1 is 1.64 bits per heavy atom. The van der Waals surface area contributed by atoms with Crippen molar-refractivity contribution >= 4 is 51.2 Å². The minimum atomic E-state index is -1.04. The molecule has 2 aromatic heterocycles. The Morgan fingerprint density at radius 2 is 2.36 bits per heavy atom. The molecule has 5 nitrogen and oxygen atoms in total. The van der Waals surface area contributed by atoms with Gasteiger partial charge in [-0.1, -0.05) is 11.6 Å². The highest BCUT2D eigenvalue weighted by atomic mass is 127. The summed E-state index contributed by atoms with van der Waals surface area (Å²) in [6, 6.07) is 1.31. The summed E-state index contributed by atoms with van der Waals surface area (Å²) in [6.45, 7) is 0. The number of H-pyrrole nitrogens is 1. The number of pyridine rings is 1. The van der Waals surface area contributed by atoms with E-state index in [1.807, 2.05) is 22.6 Å². The highest BCUT2D eigenvalue weighted by Crippen LogP contribution is 2.23. The number of nitrogens with zero attached hydrogens (tertiary/aromatic N) is 2. The van der Waals surface area contributed by atoms with Crippen molar-refractivity contribution in [3.05, 3.63) is 20.5 Å². The molecule has 0 atom stereocenters. The van der Waals surface area contributed by atoms with E-state index in [0.717, 1.165) is 0 Å². The molecule has 0 spiro atoms. The standard InChI is InChI=1S/C7H3ClIN3O2/c8-3-1-2(7(13)14)4-5(9)11-12-6(4)10-3/h1H,(H,13,14)(H,10,11,12). The van der Waals surface area contributed by atoms with E-state index >= 15 is 0 Å². The van der Waals surface area contributed by atoms with E-state index in [0.29, 0.717) is 14.7 Å². The van der Waals surface area contributed by atoms with Gasteiger partial charge in [0.05, 0.1) is 10.9 Å². The van der Waals surface area contributed by atoms with Crippen molar-refractivity contribution < 1.29 is 9.90 Å². The number of halogens is 2. The predicted molar refractivity (Wildman–Crippen MR) is 58.6 cm³/mol. The molecule has 0 fully saturated rings. The molecular formula is C7H3ClIN3O2. The second-order valence-electron chi connectivity index (χ2n) is 2.54. The first-order valence-electron chi connectivity index (χ1n) is 3.53. The minimum Gasteiger partial charge on any atom is -0.478 e. The summed E-state index contributed by atoms with van der Waals surface area (Å²) in [6.07, 6.45) is 0. The summed E-state index contributed by atoms with van der Waals surface area (Å²) in [7, 11) is 0. The van der Waals surface area contributed by atoms with Crippen LogP contribution in [0.3, 0.4) is 0 Å².